The number of pyridine rings is 1. The molecular formula is C16H22N2O4S2. The van der Waals surface area contributed by atoms with Gasteiger partial charge in [0, 0.05) is 29.2 Å². The lowest BCUT2D eigenvalue weighted by Crippen LogP contribution is -2.22. The van der Waals surface area contributed by atoms with Gasteiger partial charge in [0.05, 0.1) is 18.7 Å². The first-order chi connectivity index (χ1) is 11.5. The molecule has 0 saturated carbocycles. The van der Waals surface area contributed by atoms with E-state index in [0.29, 0.717) is 19.0 Å². The molecule has 1 heterocycles. The Hall–Kier alpha value is -1.32. The van der Waals surface area contributed by atoms with Gasteiger partial charge in [-0.2, -0.15) is 4.21 Å². The van der Waals surface area contributed by atoms with Crippen molar-refractivity contribution in [2.45, 2.75) is 19.8 Å². The minimum absolute atomic E-state index is 0.121. The molecule has 2 N–H and O–H groups in total. The highest BCUT2D eigenvalue weighted by molar-refractivity contribution is 8.27. The number of benzene rings is 1. The van der Waals surface area contributed by atoms with E-state index in [1.165, 1.54) is 0 Å². The van der Waals surface area contributed by atoms with E-state index in [0.717, 1.165) is 35.9 Å². The van der Waals surface area contributed by atoms with Crippen LogP contribution in [0, 0.1) is 6.92 Å². The number of para-hydroxylation sites is 1. The second-order valence-electron chi connectivity index (χ2n) is 5.35. The molecule has 0 fully saturated rings. The van der Waals surface area contributed by atoms with Gasteiger partial charge in [0.2, 0.25) is 5.88 Å². The smallest absolute Gasteiger partial charge is 0.266 e. The van der Waals surface area contributed by atoms with Gasteiger partial charge in [-0.3, -0.25) is 8.74 Å². The number of hydrogen-bond acceptors (Lipinski definition) is 6. The van der Waals surface area contributed by atoms with E-state index < -0.39 is 9.05 Å². The maximum atomic E-state index is 10.7. The highest BCUT2D eigenvalue weighted by atomic mass is 32.9. The summed E-state index contributed by atoms with van der Waals surface area (Å²) in [5.41, 5.74) is 2.09. The van der Waals surface area contributed by atoms with Gasteiger partial charge < -0.3 is 10.1 Å². The van der Waals surface area contributed by atoms with Crippen LogP contribution in [0.1, 0.15) is 18.4 Å². The van der Waals surface area contributed by atoms with Crippen molar-refractivity contribution in [3.8, 4) is 5.88 Å². The monoisotopic (exact) mass is 370 g/mol. The fourth-order valence-corrected chi connectivity index (χ4v) is 2.76. The average Bonchev–Trinajstić information content (AvgIpc) is 2.52. The summed E-state index contributed by atoms with van der Waals surface area (Å²) in [5, 5.41) is 4.25. The molecule has 2 rings (SSSR count). The molecule has 0 aliphatic heterocycles. The number of fused-ring (bicyclic) bond motifs is 1. The second kappa shape index (κ2) is 9.24. The third kappa shape index (κ3) is 6.66. The predicted octanol–water partition coefficient (Wildman–Crippen LogP) is 2.44. The van der Waals surface area contributed by atoms with Crippen molar-refractivity contribution in [2.24, 2.45) is 0 Å². The molecule has 6 nitrogen and oxygen atoms in total. The molecule has 1 unspecified atom stereocenters. The largest absolute Gasteiger partial charge is 0.478 e. The van der Waals surface area contributed by atoms with E-state index in [4.69, 9.17) is 9.29 Å². The number of aryl methyl sites for hydroxylation is 1. The van der Waals surface area contributed by atoms with E-state index >= 15 is 0 Å². The first kappa shape index (κ1) is 19.0. The number of unbranched alkanes of at least 4 members (excludes halogenated alkanes) is 1. The van der Waals surface area contributed by atoms with Crippen LogP contribution in [-0.4, -0.2) is 40.0 Å². The molecule has 0 aliphatic carbocycles. The van der Waals surface area contributed by atoms with Crippen LogP contribution in [0.5, 0.6) is 5.88 Å². The topological polar surface area (TPSA) is 80.7 Å². The third-order valence-corrected chi connectivity index (χ3v) is 4.16. The standard InChI is InChI=1S/C16H22N2O4S2/c1-13-12-16(18-15-7-3-2-6-14(13)15)21-10-5-4-8-17-9-11-22-24(19,20)23/h2-3,6-7,12,17H,4-5,8-11H2,1H3,(H,19,20,23). The summed E-state index contributed by atoms with van der Waals surface area (Å²) >= 11 is 4.22. The SMILES string of the molecule is Cc1cc(OCCCCNCCOS(=O)(O)=S)nc2ccccc12. The van der Waals surface area contributed by atoms with Crippen LogP contribution in [0.3, 0.4) is 0 Å². The van der Waals surface area contributed by atoms with Gasteiger partial charge in [-0.1, -0.05) is 18.2 Å². The fraction of sp³-hybridized carbons (Fsp3) is 0.438. The molecule has 0 aliphatic rings. The first-order valence-corrected chi connectivity index (χ1v) is 10.1. The number of ether oxygens (including phenoxy) is 1. The Morgan fingerprint density at radius 1 is 1.25 bits per heavy atom. The first-order valence-electron chi connectivity index (χ1n) is 7.77. The van der Waals surface area contributed by atoms with Gasteiger partial charge in [-0.05, 0) is 37.9 Å². The molecule has 0 amide bonds. The summed E-state index contributed by atoms with van der Waals surface area (Å²) in [6.45, 7) is 4.03. The Kier molecular flexibility index (Phi) is 7.32. The van der Waals surface area contributed by atoms with Crippen molar-refractivity contribution in [2.75, 3.05) is 26.3 Å². The lowest BCUT2D eigenvalue weighted by atomic mass is 10.1. The van der Waals surface area contributed by atoms with Crippen LogP contribution in [0.25, 0.3) is 10.9 Å². The summed E-state index contributed by atoms with van der Waals surface area (Å²) in [7, 11) is -3.51. The lowest BCUT2D eigenvalue weighted by molar-refractivity contribution is 0.289. The molecule has 0 radical (unpaired) electrons. The summed E-state index contributed by atoms with van der Waals surface area (Å²) in [5.74, 6) is 0.649. The highest BCUT2D eigenvalue weighted by Crippen LogP contribution is 2.21. The van der Waals surface area contributed by atoms with Gasteiger partial charge in [0.15, 0.2) is 0 Å². The van der Waals surface area contributed by atoms with Crippen LogP contribution >= 0.6 is 0 Å². The zero-order valence-corrected chi connectivity index (χ0v) is 15.2. The van der Waals surface area contributed by atoms with Crippen molar-refractivity contribution in [3.05, 3.63) is 35.9 Å². The van der Waals surface area contributed by atoms with E-state index in [9.17, 15) is 4.21 Å². The zero-order valence-electron chi connectivity index (χ0n) is 13.6. The molecule has 132 valence electrons. The summed E-state index contributed by atoms with van der Waals surface area (Å²) in [6.07, 6.45) is 1.81. The minimum Gasteiger partial charge on any atom is -0.478 e. The molecule has 24 heavy (non-hydrogen) atoms. The normalized spacial score (nSPS) is 13.8. The quantitative estimate of drug-likeness (QED) is 0.622. The summed E-state index contributed by atoms with van der Waals surface area (Å²) < 4.78 is 29.7. The van der Waals surface area contributed by atoms with Crippen LogP contribution in [0.2, 0.25) is 0 Å². The van der Waals surface area contributed by atoms with Crippen molar-refractivity contribution in [1.82, 2.24) is 10.3 Å². The molecule has 8 heteroatoms. The molecule has 0 saturated heterocycles. The van der Waals surface area contributed by atoms with Gasteiger partial charge in [-0.15, -0.1) is 0 Å². The van der Waals surface area contributed by atoms with Crippen LogP contribution in [0.15, 0.2) is 30.3 Å². The molecule has 1 atom stereocenters. The van der Waals surface area contributed by atoms with Gasteiger partial charge >= 0.3 is 0 Å². The Bertz CT molecular complexity index is 766. The van der Waals surface area contributed by atoms with Crippen LogP contribution in [-0.2, 0) is 24.4 Å². The Morgan fingerprint density at radius 2 is 2.04 bits per heavy atom. The van der Waals surface area contributed by atoms with Crippen LogP contribution in [0.4, 0.5) is 0 Å². The summed E-state index contributed by atoms with van der Waals surface area (Å²) in [6, 6.07) is 9.96. The highest BCUT2D eigenvalue weighted by Gasteiger charge is 2.03. The Morgan fingerprint density at radius 3 is 2.83 bits per heavy atom. The van der Waals surface area contributed by atoms with Crippen molar-refractivity contribution in [1.29, 1.82) is 0 Å². The van der Waals surface area contributed by atoms with Gasteiger partial charge in [-0.25, -0.2) is 4.98 Å². The van der Waals surface area contributed by atoms with E-state index in [1.807, 2.05) is 24.3 Å². The molecular weight excluding hydrogens is 348 g/mol. The maximum absolute atomic E-state index is 10.7. The minimum atomic E-state index is -3.51. The van der Waals surface area contributed by atoms with Gasteiger partial charge in [0.25, 0.3) is 9.05 Å². The second-order valence-corrected chi connectivity index (χ2v) is 7.70. The number of aromatic nitrogens is 1. The molecule has 1 aromatic heterocycles. The van der Waals surface area contributed by atoms with Crippen molar-refractivity contribution < 1.29 is 17.7 Å². The van der Waals surface area contributed by atoms with Crippen LogP contribution < -0.4 is 10.1 Å². The average molecular weight is 370 g/mol. The third-order valence-electron chi connectivity index (χ3n) is 3.41. The summed E-state index contributed by atoms with van der Waals surface area (Å²) in [4.78, 5) is 4.50. The Labute approximate surface area is 147 Å². The zero-order chi connectivity index (χ0) is 17.4. The molecule has 0 bridgehead atoms. The van der Waals surface area contributed by atoms with E-state index in [2.05, 4.69) is 38.7 Å². The maximum Gasteiger partial charge on any atom is 0.266 e. The van der Waals surface area contributed by atoms with Crippen molar-refractivity contribution >= 4 is 31.1 Å². The van der Waals surface area contributed by atoms with Gasteiger partial charge in [0.1, 0.15) is 0 Å². The Balaban J connectivity index is 1.63. The van der Waals surface area contributed by atoms with E-state index in [1.54, 1.807) is 0 Å². The predicted molar refractivity (Wildman–Crippen MR) is 98.2 cm³/mol. The van der Waals surface area contributed by atoms with Crippen molar-refractivity contribution in [3.63, 3.8) is 0 Å². The lowest BCUT2D eigenvalue weighted by Gasteiger charge is -2.09. The number of hydrogen-bond donors (Lipinski definition) is 2. The van der Waals surface area contributed by atoms with E-state index in [-0.39, 0.29) is 6.61 Å². The molecule has 1 aromatic carbocycles. The fourth-order valence-electron chi connectivity index (χ4n) is 2.27. The number of nitrogens with one attached hydrogen (secondary N) is 1. The molecule has 2 aromatic rings. The molecule has 0 spiro atoms. The number of rotatable bonds is 10. The number of nitrogens with zero attached hydrogens (tertiary/aromatic N) is 1.